The van der Waals surface area contributed by atoms with Gasteiger partial charge in [0.2, 0.25) is 0 Å². The third-order valence-corrected chi connectivity index (χ3v) is 3.43. The lowest BCUT2D eigenvalue weighted by molar-refractivity contribution is 0.0362. The maximum absolute atomic E-state index is 12.3. The van der Waals surface area contributed by atoms with Gasteiger partial charge in [0.05, 0.1) is 5.56 Å². The number of hydrogen-bond donors (Lipinski definition) is 1. The van der Waals surface area contributed by atoms with Gasteiger partial charge in [0.15, 0.2) is 0 Å². The van der Waals surface area contributed by atoms with Crippen LogP contribution in [0.5, 0.6) is 0 Å². The molecule has 19 heavy (non-hydrogen) atoms. The molecular formula is C14H21N3O2. The summed E-state index contributed by atoms with van der Waals surface area (Å²) in [6, 6.07) is 3.94. The van der Waals surface area contributed by atoms with Crippen molar-refractivity contribution >= 4 is 11.7 Å². The van der Waals surface area contributed by atoms with E-state index in [2.05, 4.69) is 10.3 Å². The number of amides is 1. The van der Waals surface area contributed by atoms with E-state index in [1.54, 1.807) is 6.20 Å². The van der Waals surface area contributed by atoms with Crippen molar-refractivity contribution in [2.24, 2.45) is 0 Å². The van der Waals surface area contributed by atoms with E-state index < -0.39 is 0 Å². The normalized spacial score (nSPS) is 16.1. The van der Waals surface area contributed by atoms with Gasteiger partial charge in [-0.25, -0.2) is 4.98 Å². The zero-order valence-electron chi connectivity index (χ0n) is 11.6. The molecule has 2 heterocycles. The van der Waals surface area contributed by atoms with Crippen LogP contribution in [0.1, 0.15) is 30.1 Å². The van der Waals surface area contributed by atoms with Crippen LogP contribution in [-0.2, 0) is 4.74 Å². The molecule has 0 radical (unpaired) electrons. The topological polar surface area (TPSA) is 54.5 Å². The third-order valence-electron chi connectivity index (χ3n) is 3.43. The molecule has 104 valence electrons. The van der Waals surface area contributed by atoms with E-state index in [1.165, 1.54) is 0 Å². The minimum absolute atomic E-state index is 0.0300. The number of pyridine rings is 1. The molecule has 1 aromatic heterocycles. The van der Waals surface area contributed by atoms with Gasteiger partial charge < -0.3 is 15.0 Å². The number of nitrogens with one attached hydrogen (secondary N) is 1. The number of aromatic nitrogens is 1. The Morgan fingerprint density at radius 3 is 2.79 bits per heavy atom. The van der Waals surface area contributed by atoms with E-state index in [0.29, 0.717) is 5.56 Å². The first-order chi connectivity index (χ1) is 9.22. The summed E-state index contributed by atoms with van der Waals surface area (Å²) in [6.07, 6.45) is 3.45. The molecule has 0 aliphatic carbocycles. The van der Waals surface area contributed by atoms with Crippen molar-refractivity contribution < 1.29 is 9.53 Å². The Morgan fingerprint density at radius 1 is 1.47 bits per heavy atom. The highest BCUT2D eigenvalue weighted by molar-refractivity contribution is 5.94. The van der Waals surface area contributed by atoms with Gasteiger partial charge in [0, 0.05) is 39.0 Å². The minimum atomic E-state index is 0.0300. The average molecular weight is 263 g/mol. The molecule has 0 unspecified atom stereocenters. The van der Waals surface area contributed by atoms with Gasteiger partial charge in [0.25, 0.3) is 5.91 Å². The smallest absolute Gasteiger partial charge is 0.255 e. The van der Waals surface area contributed by atoms with Gasteiger partial charge in [-0.05, 0) is 31.9 Å². The van der Waals surface area contributed by atoms with Crippen LogP contribution in [0, 0.1) is 0 Å². The summed E-state index contributed by atoms with van der Waals surface area (Å²) in [7, 11) is 1.86. The summed E-state index contributed by atoms with van der Waals surface area (Å²) in [5.41, 5.74) is 0.635. The molecule has 5 nitrogen and oxygen atoms in total. The molecule has 1 N–H and O–H groups in total. The predicted molar refractivity (Wildman–Crippen MR) is 74.3 cm³/mol. The molecule has 2 rings (SSSR count). The molecular weight excluding hydrogens is 242 g/mol. The quantitative estimate of drug-likeness (QED) is 0.899. The molecule has 0 spiro atoms. The number of carbonyl (C=O) groups excluding carboxylic acids is 1. The monoisotopic (exact) mass is 263 g/mol. The predicted octanol–water partition coefficient (Wildman–Crippen LogP) is 1.76. The Bertz CT molecular complexity index is 413. The van der Waals surface area contributed by atoms with Crippen LogP contribution in [0.25, 0.3) is 0 Å². The second-order valence-corrected chi connectivity index (χ2v) is 4.72. The van der Waals surface area contributed by atoms with Crippen molar-refractivity contribution in [3.63, 3.8) is 0 Å². The molecule has 1 aliphatic heterocycles. The summed E-state index contributed by atoms with van der Waals surface area (Å²) in [4.78, 5) is 18.4. The maximum Gasteiger partial charge on any atom is 0.255 e. The molecule has 1 aromatic rings. The van der Waals surface area contributed by atoms with Crippen LogP contribution in [0.3, 0.4) is 0 Å². The molecule has 1 amide bonds. The van der Waals surface area contributed by atoms with E-state index in [-0.39, 0.29) is 11.9 Å². The second kappa shape index (κ2) is 6.52. The Labute approximate surface area is 114 Å². The molecule has 1 fully saturated rings. The zero-order valence-corrected chi connectivity index (χ0v) is 11.6. The summed E-state index contributed by atoms with van der Waals surface area (Å²) >= 11 is 0. The first-order valence-corrected chi connectivity index (χ1v) is 6.77. The SMILES string of the molecule is CCNc1ccc(C(=O)N(C)C2CCOCC2)cn1. The molecule has 5 heteroatoms. The number of hydrogen-bond acceptors (Lipinski definition) is 4. The van der Waals surface area contributed by atoms with Crippen molar-refractivity contribution in [1.29, 1.82) is 0 Å². The van der Waals surface area contributed by atoms with Crippen molar-refractivity contribution in [1.82, 2.24) is 9.88 Å². The van der Waals surface area contributed by atoms with Crippen molar-refractivity contribution in [2.75, 3.05) is 32.1 Å². The molecule has 0 aromatic carbocycles. The number of anilines is 1. The van der Waals surface area contributed by atoms with Gasteiger partial charge in [-0.2, -0.15) is 0 Å². The number of carbonyl (C=O) groups is 1. The fourth-order valence-electron chi connectivity index (χ4n) is 2.25. The zero-order chi connectivity index (χ0) is 13.7. The van der Waals surface area contributed by atoms with Crippen molar-refractivity contribution in [2.45, 2.75) is 25.8 Å². The molecule has 1 aliphatic rings. The first-order valence-electron chi connectivity index (χ1n) is 6.77. The van der Waals surface area contributed by atoms with Gasteiger partial charge in [0.1, 0.15) is 5.82 Å². The summed E-state index contributed by atoms with van der Waals surface area (Å²) in [5, 5.41) is 3.11. The van der Waals surface area contributed by atoms with Crippen LogP contribution in [0.4, 0.5) is 5.82 Å². The Hall–Kier alpha value is -1.62. The van der Waals surface area contributed by atoms with Crippen LogP contribution >= 0.6 is 0 Å². The van der Waals surface area contributed by atoms with E-state index in [4.69, 9.17) is 4.74 Å². The van der Waals surface area contributed by atoms with E-state index in [1.807, 2.05) is 31.0 Å². The highest BCUT2D eigenvalue weighted by atomic mass is 16.5. The fraction of sp³-hybridized carbons (Fsp3) is 0.571. The lowest BCUT2D eigenvalue weighted by Crippen LogP contribution is -2.40. The second-order valence-electron chi connectivity index (χ2n) is 4.72. The van der Waals surface area contributed by atoms with Gasteiger partial charge in [-0.1, -0.05) is 0 Å². The van der Waals surface area contributed by atoms with E-state index >= 15 is 0 Å². The fourth-order valence-corrected chi connectivity index (χ4v) is 2.25. The van der Waals surface area contributed by atoms with Gasteiger partial charge in [-0.15, -0.1) is 0 Å². The molecule has 0 bridgehead atoms. The largest absolute Gasteiger partial charge is 0.381 e. The van der Waals surface area contributed by atoms with Crippen LogP contribution < -0.4 is 5.32 Å². The maximum atomic E-state index is 12.3. The highest BCUT2D eigenvalue weighted by Gasteiger charge is 2.23. The number of ether oxygens (including phenoxy) is 1. The highest BCUT2D eigenvalue weighted by Crippen LogP contribution is 2.16. The average Bonchev–Trinajstić information content (AvgIpc) is 2.48. The van der Waals surface area contributed by atoms with Crippen LogP contribution in [-0.4, -0.2) is 48.6 Å². The Balaban J connectivity index is 2.01. The minimum Gasteiger partial charge on any atom is -0.381 e. The summed E-state index contributed by atoms with van der Waals surface area (Å²) < 4.78 is 5.32. The Morgan fingerprint density at radius 2 is 2.21 bits per heavy atom. The summed E-state index contributed by atoms with van der Waals surface area (Å²) in [6.45, 7) is 4.31. The Kier molecular flexibility index (Phi) is 4.74. The molecule has 1 saturated heterocycles. The van der Waals surface area contributed by atoms with Crippen LogP contribution in [0.2, 0.25) is 0 Å². The molecule has 0 saturated carbocycles. The molecule has 0 atom stereocenters. The lowest BCUT2D eigenvalue weighted by Gasteiger charge is -2.31. The van der Waals surface area contributed by atoms with Gasteiger partial charge >= 0.3 is 0 Å². The standard InChI is InChI=1S/C14H21N3O2/c1-3-15-13-5-4-11(10-16-13)14(18)17(2)12-6-8-19-9-7-12/h4-5,10,12H,3,6-9H2,1-2H3,(H,15,16). The first kappa shape index (κ1) is 13.8. The van der Waals surface area contributed by atoms with E-state index in [9.17, 15) is 4.79 Å². The summed E-state index contributed by atoms with van der Waals surface area (Å²) in [5.74, 6) is 0.829. The van der Waals surface area contributed by atoms with Gasteiger partial charge in [-0.3, -0.25) is 4.79 Å². The van der Waals surface area contributed by atoms with Crippen LogP contribution in [0.15, 0.2) is 18.3 Å². The van der Waals surface area contributed by atoms with E-state index in [0.717, 1.165) is 38.4 Å². The number of rotatable bonds is 4. The third kappa shape index (κ3) is 3.44. The van der Waals surface area contributed by atoms with Crippen molar-refractivity contribution in [3.8, 4) is 0 Å². The number of nitrogens with zero attached hydrogens (tertiary/aromatic N) is 2. The van der Waals surface area contributed by atoms with Crippen molar-refractivity contribution in [3.05, 3.63) is 23.9 Å². The lowest BCUT2D eigenvalue weighted by atomic mass is 10.1.